The number of aliphatic hydroxyl groups is 2. The maximum absolute atomic E-state index is 9.54. The summed E-state index contributed by atoms with van der Waals surface area (Å²) in [6, 6.07) is 0. The van der Waals surface area contributed by atoms with E-state index in [1.54, 1.807) is 0 Å². The van der Waals surface area contributed by atoms with Crippen LogP contribution in [-0.2, 0) is 4.74 Å². The molecule has 23 heavy (non-hydrogen) atoms. The van der Waals surface area contributed by atoms with Crippen molar-refractivity contribution in [2.45, 2.75) is 128 Å². The van der Waals surface area contributed by atoms with Gasteiger partial charge in [-0.3, -0.25) is 0 Å². The summed E-state index contributed by atoms with van der Waals surface area (Å²) in [6.45, 7) is 2.28. The van der Waals surface area contributed by atoms with Gasteiger partial charge in [0, 0.05) is 6.42 Å². The Morgan fingerprint density at radius 3 is 1.26 bits per heavy atom. The van der Waals surface area contributed by atoms with Crippen LogP contribution in [-0.4, -0.2) is 22.3 Å². The molecule has 0 spiro atoms. The normalized spacial score (nSPS) is 23.3. The average molecular weight is 329 g/mol. The van der Waals surface area contributed by atoms with E-state index in [1.165, 1.54) is 89.9 Å². The van der Waals surface area contributed by atoms with Crippen molar-refractivity contribution in [2.24, 2.45) is 0 Å². The standard InChI is InChI=1S/C20H40O3/c1-2-3-4-5-6-7-8-9-10-11-12-13-14-15-16-17-18-20(22)19(21)23-20/h19,21-22H,2-18H2,1H3. The molecule has 1 fully saturated rings. The fraction of sp³-hybridized carbons (Fsp3) is 1.00. The van der Waals surface area contributed by atoms with Crippen molar-refractivity contribution in [2.75, 3.05) is 0 Å². The molecule has 138 valence electrons. The molecule has 0 aromatic heterocycles. The van der Waals surface area contributed by atoms with Crippen LogP contribution in [0, 0.1) is 0 Å². The van der Waals surface area contributed by atoms with Gasteiger partial charge < -0.3 is 14.9 Å². The number of hydrogen-bond acceptors (Lipinski definition) is 3. The van der Waals surface area contributed by atoms with Crippen molar-refractivity contribution < 1.29 is 14.9 Å². The zero-order valence-electron chi connectivity index (χ0n) is 15.4. The third kappa shape index (κ3) is 11.1. The lowest BCUT2D eigenvalue weighted by atomic mass is 10.0. The Labute approximate surface area is 143 Å². The zero-order chi connectivity index (χ0) is 16.8. The van der Waals surface area contributed by atoms with Crippen molar-refractivity contribution in [1.29, 1.82) is 0 Å². The first-order chi connectivity index (χ1) is 11.2. The van der Waals surface area contributed by atoms with Gasteiger partial charge in [-0.05, 0) is 6.42 Å². The lowest BCUT2D eigenvalue weighted by Gasteiger charge is -2.05. The van der Waals surface area contributed by atoms with Gasteiger partial charge in [0.15, 0.2) is 0 Å². The van der Waals surface area contributed by atoms with E-state index in [2.05, 4.69) is 6.92 Å². The minimum atomic E-state index is -1.20. The van der Waals surface area contributed by atoms with Gasteiger partial charge in [-0.2, -0.15) is 0 Å². The molecule has 0 saturated carbocycles. The van der Waals surface area contributed by atoms with Crippen LogP contribution < -0.4 is 0 Å². The van der Waals surface area contributed by atoms with Gasteiger partial charge in [0.25, 0.3) is 0 Å². The lowest BCUT2D eigenvalue weighted by molar-refractivity contribution is 0.0252. The Balaban J connectivity index is 1.66. The third-order valence-corrected chi connectivity index (χ3v) is 5.03. The zero-order valence-corrected chi connectivity index (χ0v) is 15.4. The van der Waals surface area contributed by atoms with Gasteiger partial charge in [0.1, 0.15) is 0 Å². The number of rotatable bonds is 17. The smallest absolute Gasteiger partial charge is 0.220 e. The van der Waals surface area contributed by atoms with Crippen molar-refractivity contribution >= 4 is 0 Å². The summed E-state index contributed by atoms with van der Waals surface area (Å²) >= 11 is 0. The summed E-state index contributed by atoms with van der Waals surface area (Å²) in [6.07, 6.45) is 21.2. The van der Waals surface area contributed by atoms with Crippen molar-refractivity contribution in [3.63, 3.8) is 0 Å². The van der Waals surface area contributed by atoms with Crippen molar-refractivity contribution in [3.8, 4) is 0 Å². The van der Waals surface area contributed by atoms with Crippen LogP contribution in [0.1, 0.15) is 116 Å². The Morgan fingerprint density at radius 2 is 0.957 bits per heavy atom. The first-order valence-electron chi connectivity index (χ1n) is 10.3. The van der Waals surface area contributed by atoms with Crippen molar-refractivity contribution in [1.82, 2.24) is 0 Å². The fourth-order valence-electron chi connectivity index (χ4n) is 3.27. The number of unbranched alkanes of at least 4 members (excludes halogenated alkanes) is 15. The van der Waals surface area contributed by atoms with E-state index in [9.17, 15) is 5.11 Å². The molecular weight excluding hydrogens is 288 g/mol. The Hall–Kier alpha value is -0.120. The number of epoxide rings is 1. The van der Waals surface area contributed by atoms with E-state index < -0.39 is 12.1 Å². The molecule has 0 radical (unpaired) electrons. The molecule has 1 heterocycles. The molecule has 2 N–H and O–H groups in total. The maximum Gasteiger partial charge on any atom is 0.220 e. The topological polar surface area (TPSA) is 53.0 Å². The highest BCUT2D eigenvalue weighted by Gasteiger charge is 2.53. The van der Waals surface area contributed by atoms with Crippen molar-refractivity contribution in [3.05, 3.63) is 0 Å². The molecule has 2 atom stereocenters. The SMILES string of the molecule is CCCCCCCCCCCCCCCCCCC1(O)OC1O. The first kappa shape index (κ1) is 20.9. The summed E-state index contributed by atoms with van der Waals surface area (Å²) in [4.78, 5) is 0. The van der Waals surface area contributed by atoms with E-state index in [4.69, 9.17) is 9.84 Å². The molecule has 0 aromatic rings. The Bertz CT molecular complexity index is 270. The summed E-state index contributed by atoms with van der Waals surface area (Å²) in [7, 11) is 0. The molecule has 2 unspecified atom stereocenters. The van der Waals surface area contributed by atoms with Crippen LogP contribution in [0.4, 0.5) is 0 Å². The van der Waals surface area contributed by atoms with E-state index in [0.29, 0.717) is 6.42 Å². The molecular formula is C20H40O3. The predicted molar refractivity (Wildman–Crippen MR) is 96.2 cm³/mol. The van der Waals surface area contributed by atoms with Crippen LogP contribution in [0.25, 0.3) is 0 Å². The van der Waals surface area contributed by atoms with Gasteiger partial charge in [-0.1, -0.05) is 103 Å². The average Bonchev–Trinajstić information content (AvgIpc) is 3.14. The minimum Gasteiger partial charge on any atom is -0.364 e. The highest BCUT2D eigenvalue weighted by atomic mass is 16.8. The van der Waals surface area contributed by atoms with Gasteiger partial charge in [-0.25, -0.2) is 0 Å². The molecule has 0 aromatic carbocycles. The maximum atomic E-state index is 9.54. The Morgan fingerprint density at radius 1 is 0.652 bits per heavy atom. The van der Waals surface area contributed by atoms with Gasteiger partial charge in [-0.15, -0.1) is 0 Å². The molecule has 0 amide bonds. The van der Waals surface area contributed by atoms with Crippen LogP contribution in [0.5, 0.6) is 0 Å². The van der Waals surface area contributed by atoms with Gasteiger partial charge in [0.2, 0.25) is 12.1 Å². The molecule has 0 bridgehead atoms. The molecule has 1 saturated heterocycles. The van der Waals surface area contributed by atoms with E-state index >= 15 is 0 Å². The lowest BCUT2D eigenvalue weighted by Crippen LogP contribution is -2.13. The largest absolute Gasteiger partial charge is 0.364 e. The number of aliphatic hydroxyl groups excluding tert-OH is 1. The summed E-state index contributed by atoms with van der Waals surface area (Å²) in [5, 5.41) is 18.6. The molecule has 3 nitrogen and oxygen atoms in total. The summed E-state index contributed by atoms with van der Waals surface area (Å²) in [5.41, 5.74) is 0. The van der Waals surface area contributed by atoms with Crippen LogP contribution in [0.3, 0.4) is 0 Å². The molecule has 1 rings (SSSR count). The second-order valence-corrected chi connectivity index (χ2v) is 7.37. The minimum absolute atomic E-state index is 0.576. The van der Waals surface area contributed by atoms with E-state index in [1.807, 2.05) is 0 Å². The second-order valence-electron chi connectivity index (χ2n) is 7.37. The molecule has 0 aliphatic carbocycles. The Kier molecular flexibility index (Phi) is 12.0. The van der Waals surface area contributed by atoms with E-state index in [-0.39, 0.29) is 0 Å². The predicted octanol–water partition coefficient (Wildman–Crippen LogP) is 5.68. The monoisotopic (exact) mass is 328 g/mol. The number of ether oxygens (including phenoxy) is 1. The molecule has 3 heteroatoms. The molecule has 1 aliphatic heterocycles. The highest BCUT2D eigenvalue weighted by molar-refractivity contribution is 4.83. The van der Waals surface area contributed by atoms with Crippen LogP contribution in [0.2, 0.25) is 0 Å². The van der Waals surface area contributed by atoms with Gasteiger partial charge >= 0.3 is 0 Å². The summed E-state index contributed by atoms with van der Waals surface area (Å²) < 4.78 is 4.74. The van der Waals surface area contributed by atoms with Gasteiger partial charge in [0.05, 0.1) is 0 Å². The third-order valence-electron chi connectivity index (χ3n) is 5.03. The molecule has 1 aliphatic rings. The highest BCUT2D eigenvalue weighted by Crippen LogP contribution is 2.36. The first-order valence-corrected chi connectivity index (χ1v) is 10.3. The summed E-state index contributed by atoms with van der Waals surface area (Å²) in [5.74, 6) is -1.20. The van der Waals surface area contributed by atoms with Crippen LogP contribution >= 0.6 is 0 Å². The van der Waals surface area contributed by atoms with E-state index in [0.717, 1.165) is 12.8 Å². The fourth-order valence-corrected chi connectivity index (χ4v) is 3.27. The second kappa shape index (κ2) is 13.2. The quantitative estimate of drug-likeness (QED) is 0.267. The number of hydrogen-bond donors (Lipinski definition) is 2. The van der Waals surface area contributed by atoms with Crippen LogP contribution in [0.15, 0.2) is 0 Å².